The topological polar surface area (TPSA) is 72.3 Å². The number of amides is 1. The molecule has 1 atom stereocenters. The zero-order valence-electron chi connectivity index (χ0n) is 24.8. The highest BCUT2D eigenvalue weighted by Gasteiger charge is 2.26. The normalized spacial score (nSPS) is 17.3. The molecular formula is C34H38FN5O2S. The second-order valence-electron chi connectivity index (χ2n) is 11.2. The third-order valence-electron chi connectivity index (χ3n) is 8.02. The molecule has 2 aliphatic rings. The molecule has 1 amide bonds. The second-order valence-corrected chi connectivity index (χ2v) is 12.3. The average Bonchev–Trinajstić information content (AvgIpc) is 3.78. The Morgan fingerprint density at radius 1 is 1.09 bits per heavy atom. The number of nitrogens with zero attached hydrogens (tertiary/aromatic N) is 4. The number of hydrogen-bond acceptors (Lipinski definition) is 6. The molecule has 9 heteroatoms. The van der Waals surface area contributed by atoms with Crippen LogP contribution in [0.3, 0.4) is 0 Å². The van der Waals surface area contributed by atoms with E-state index in [9.17, 15) is 9.18 Å². The molecule has 2 aromatic carbocycles. The van der Waals surface area contributed by atoms with Gasteiger partial charge in [0, 0.05) is 40.6 Å². The van der Waals surface area contributed by atoms with Gasteiger partial charge in [-0.05, 0) is 105 Å². The highest BCUT2D eigenvalue weighted by molar-refractivity contribution is 7.99. The van der Waals surface area contributed by atoms with E-state index in [4.69, 9.17) is 9.84 Å². The number of benzene rings is 2. The zero-order valence-corrected chi connectivity index (χ0v) is 25.6. The smallest absolute Gasteiger partial charge is 0.252 e. The predicted octanol–water partition coefficient (Wildman–Crippen LogP) is 7.33. The SMILES string of the molecule is CCN(CC)Cc1ccc(/C=C/c2nn(C3CCCCO3)c3cc(Sc4ccc(F)cc4C(=O)NC4CC4)ccc23)nc1. The summed E-state index contributed by atoms with van der Waals surface area (Å²) in [7, 11) is 0. The minimum absolute atomic E-state index is 0.137. The monoisotopic (exact) mass is 599 g/mol. The van der Waals surface area contributed by atoms with Gasteiger partial charge in [0.25, 0.3) is 5.91 Å². The number of carbonyl (C=O) groups excluding carboxylic acids is 1. The number of halogens is 1. The Morgan fingerprint density at radius 3 is 2.67 bits per heavy atom. The second kappa shape index (κ2) is 13.4. The Kier molecular flexibility index (Phi) is 9.21. The zero-order chi connectivity index (χ0) is 29.8. The standard InChI is InChI=1S/C34H38FN5O2S/c1-3-39(4-2)22-23-8-10-25(36-21-23)13-16-30-28-15-14-27(20-31(28)40(38-30)33-7-5-6-18-42-33)43-32-17-9-24(35)19-29(32)34(41)37-26-11-12-26/h8-10,13-17,19-21,26,33H,3-7,11-12,18,22H2,1-2H3,(H,37,41)/b16-13+. The molecule has 1 N–H and O–H groups in total. The highest BCUT2D eigenvalue weighted by Crippen LogP contribution is 2.36. The molecule has 7 nitrogen and oxygen atoms in total. The van der Waals surface area contributed by atoms with Gasteiger partial charge in [-0.15, -0.1) is 0 Å². The van der Waals surface area contributed by atoms with Crippen molar-refractivity contribution >= 4 is 40.7 Å². The van der Waals surface area contributed by atoms with Crippen LogP contribution in [-0.4, -0.2) is 51.3 Å². The number of pyridine rings is 1. The van der Waals surface area contributed by atoms with E-state index in [0.717, 1.165) is 83.8 Å². The molecule has 3 heterocycles. The fourth-order valence-electron chi connectivity index (χ4n) is 5.35. The van der Waals surface area contributed by atoms with Crippen molar-refractivity contribution in [3.8, 4) is 0 Å². The van der Waals surface area contributed by atoms with Crippen molar-refractivity contribution in [3.05, 3.63) is 83.1 Å². The quantitative estimate of drug-likeness (QED) is 0.195. The maximum atomic E-state index is 14.1. The van der Waals surface area contributed by atoms with E-state index in [2.05, 4.69) is 47.2 Å². The van der Waals surface area contributed by atoms with Crippen LogP contribution in [0.2, 0.25) is 0 Å². The molecule has 2 aromatic heterocycles. The average molecular weight is 600 g/mol. The number of carbonyl (C=O) groups is 1. The van der Waals surface area contributed by atoms with Gasteiger partial charge in [-0.3, -0.25) is 14.7 Å². The molecule has 0 bridgehead atoms. The van der Waals surface area contributed by atoms with Gasteiger partial charge in [-0.25, -0.2) is 9.07 Å². The first-order chi connectivity index (χ1) is 21.0. The summed E-state index contributed by atoms with van der Waals surface area (Å²) >= 11 is 1.46. The van der Waals surface area contributed by atoms with E-state index in [-0.39, 0.29) is 18.2 Å². The molecule has 224 valence electrons. The lowest BCUT2D eigenvalue weighted by Gasteiger charge is -2.23. The minimum Gasteiger partial charge on any atom is -0.356 e. The third-order valence-corrected chi connectivity index (χ3v) is 9.09. The summed E-state index contributed by atoms with van der Waals surface area (Å²) in [5, 5.41) is 9.00. The van der Waals surface area contributed by atoms with Crippen molar-refractivity contribution in [1.29, 1.82) is 0 Å². The van der Waals surface area contributed by atoms with Gasteiger partial charge in [-0.1, -0.05) is 31.7 Å². The molecule has 1 saturated carbocycles. The summed E-state index contributed by atoms with van der Waals surface area (Å²) in [6.45, 7) is 7.98. The Balaban J connectivity index is 1.29. The first-order valence-electron chi connectivity index (χ1n) is 15.3. The van der Waals surface area contributed by atoms with Crippen LogP contribution in [0.25, 0.3) is 23.1 Å². The minimum atomic E-state index is -0.419. The van der Waals surface area contributed by atoms with Gasteiger partial charge < -0.3 is 10.1 Å². The van der Waals surface area contributed by atoms with Gasteiger partial charge in [0.15, 0.2) is 6.23 Å². The van der Waals surface area contributed by atoms with Crippen molar-refractivity contribution in [3.63, 3.8) is 0 Å². The number of ether oxygens (including phenoxy) is 1. The van der Waals surface area contributed by atoms with Gasteiger partial charge in [-0.2, -0.15) is 5.10 Å². The fourth-order valence-corrected chi connectivity index (χ4v) is 6.31. The van der Waals surface area contributed by atoms with Crippen molar-refractivity contribution in [2.75, 3.05) is 19.7 Å². The van der Waals surface area contributed by atoms with Crippen LogP contribution in [0, 0.1) is 5.82 Å². The summed E-state index contributed by atoms with van der Waals surface area (Å²) in [5.74, 6) is -0.647. The largest absolute Gasteiger partial charge is 0.356 e. The van der Waals surface area contributed by atoms with Crippen LogP contribution >= 0.6 is 11.8 Å². The lowest BCUT2D eigenvalue weighted by molar-refractivity contribution is -0.0367. The van der Waals surface area contributed by atoms with Crippen LogP contribution in [0.15, 0.2) is 64.5 Å². The molecular weight excluding hydrogens is 561 g/mol. The summed E-state index contributed by atoms with van der Waals surface area (Å²) < 4.78 is 22.3. The fraction of sp³-hybridized carbons (Fsp3) is 0.382. The van der Waals surface area contributed by atoms with Crippen LogP contribution < -0.4 is 5.32 Å². The van der Waals surface area contributed by atoms with Gasteiger partial charge in [0.05, 0.1) is 22.5 Å². The molecule has 1 aliphatic carbocycles. The van der Waals surface area contributed by atoms with E-state index >= 15 is 0 Å². The van der Waals surface area contributed by atoms with E-state index < -0.39 is 5.82 Å². The van der Waals surface area contributed by atoms with Crippen molar-refractivity contribution in [2.24, 2.45) is 0 Å². The maximum absolute atomic E-state index is 14.1. The van der Waals surface area contributed by atoms with Crippen molar-refractivity contribution in [1.82, 2.24) is 25.0 Å². The maximum Gasteiger partial charge on any atom is 0.252 e. The predicted molar refractivity (Wildman–Crippen MR) is 169 cm³/mol. The molecule has 1 unspecified atom stereocenters. The first-order valence-corrected chi connectivity index (χ1v) is 16.1. The van der Waals surface area contributed by atoms with Crippen molar-refractivity contribution in [2.45, 2.75) is 74.6 Å². The van der Waals surface area contributed by atoms with E-state index in [1.165, 1.54) is 29.5 Å². The summed E-state index contributed by atoms with van der Waals surface area (Å²) in [5.41, 5.74) is 4.25. The van der Waals surface area contributed by atoms with Gasteiger partial charge >= 0.3 is 0 Å². The molecule has 4 aromatic rings. The molecule has 2 fully saturated rings. The molecule has 0 radical (unpaired) electrons. The summed E-state index contributed by atoms with van der Waals surface area (Å²) in [6, 6.07) is 15.0. The molecule has 6 rings (SSSR count). The molecule has 1 aliphatic heterocycles. The number of nitrogens with one attached hydrogen (secondary N) is 1. The highest BCUT2D eigenvalue weighted by atomic mass is 32.2. The number of hydrogen-bond donors (Lipinski definition) is 1. The van der Waals surface area contributed by atoms with Crippen molar-refractivity contribution < 1.29 is 13.9 Å². The van der Waals surface area contributed by atoms with Crippen LogP contribution in [0.1, 0.15) is 79.5 Å². The lowest BCUT2D eigenvalue weighted by Crippen LogP contribution is -2.26. The van der Waals surface area contributed by atoms with Crippen LogP contribution in [0.4, 0.5) is 4.39 Å². The Labute approximate surface area is 256 Å². The Hall–Kier alpha value is -3.53. The molecule has 0 spiro atoms. The third kappa shape index (κ3) is 7.17. The molecule has 43 heavy (non-hydrogen) atoms. The Morgan fingerprint density at radius 2 is 1.95 bits per heavy atom. The summed E-state index contributed by atoms with van der Waals surface area (Å²) in [6.07, 6.45) is 10.8. The van der Waals surface area contributed by atoms with E-state index in [1.54, 1.807) is 6.07 Å². The summed E-state index contributed by atoms with van der Waals surface area (Å²) in [4.78, 5) is 21.6. The van der Waals surface area contributed by atoms with E-state index in [0.29, 0.717) is 12.2 Å². The first kappa shape index (κ1) is 29.5. The Bertz CT molecular complexity index is 1610. The van der Waals surface area contributed by atoms with Gasteiger partial charge in [0.2, 0.25) is 0 Å². The molecule has 1 saturated heterocycles. The van der Waals surface area contributed by atoms with Crippen LogP contribution in [0.5, 0.6) is 0 Å². The number of rotatable bonds is 11. The van der Waals surface area contributed by atoms with Crippen LogP contribution in [-0.2, 0) is 11.3 Å². The number of aromatic nitrogens is 3. The lowest BCUT2D eigenvalue weighted by atomic mass is 10.1. The number of fused-ring (bicyclic) bond motifs is 1. The van der Waals surface area contributed by atoms with E-state index in [1.807, 2.05) is 35.2 Å². The van der Waals surface area contributed by atoms with Gasteiger partial charge in [0.1, 0.15) is 5.82 Å².